The highest BCUT2D eigenvalue weighted by molar-refractivity contribution is 5.76. The molecule has 4 saturated carbocycles. The Morgan fingerprint density at radius 1 is 0.759 bits per heavy atom. The molecule has 4 fully saturated rings. The van der Waals surface area contributed by atoms with Gasteiger partial charge in [0.15, 0.2) is 0 Å². The summed E-state index contributed by atoms with van der Waals surface area (Å²) in [5.74, 6) is 13.6. The van der Waals surface area contributed by atoms with E-state index < -0.39 is 11.4 Å². The van der Waals surface area contributed by atoms with Crippen molar-refractivity contribution in [1.82, 2.24) is 0 Å². The van der Waals surface area contributed by atoms with Gasteiger partial charge in [0.05, 0.1) is 5.41 Å². The van der Waals surface area contributed by atoms with Gasteiger partial charge in [0.25, 0.3) is 0 Å². The van der Waals surface area contributed by atoms with Crippen LogP contribution < -0.4 is 0 Å². The third kappa shape index (κ3) is 3.24. The number of aliphatic carboxylic acids is 1. The van der Waals surface area contributed by atoms with E-state index in [1.807, 2.05) is 60.7 Å². The Morgan fingerprint density at radius 3 is 1.69 bits per heavy atom. The summed E-state index contributed by atoms with van der Waals surface area (Å²) in [6.07, 6.45) is 5.03. The van der Waals surface area contributed by atoms with Gasteiger partial charge in [-0.25, -0.2) is 0 Å². The minimum absolute atomic E-state index is 0.237. The lowest BCUT2D eigenvalue weighted by Gasteiger charge is -2.62. The van der Waals surface area contributed by atoms with Gasteiger partial charge in [0.2, 0.25) is 0 Å². The van der Waals surface area contributed by atoms with Crippen LogP contribution in [0, 0.1) is 45.8 Å². The number of carboxylic acids is 1. The van der Waals surface area contributed by atoms with Gasteiger partial charge in [0, 0.05) is 22.0 Å². The zero-order valence-electron chi connectivity index (χ0n) is 16.4. The Morgan fingerprint density at radius 2 is 1.24 bits per heavy atom. The molecule has 1 N–H and O–H groups in total. The van der Waals surface area contributed by atoms with Gasteiger partial charge in [0.1, 0.15) is 0 Å². The Labute approximate surface area is 172 Å². The van der Waals surface area contributed by atoms with Crippen LogP contribution in [0.15, 0.2) is 60.7 Å². The van der Waals surface area contributed by atoms with Crippen molar-refractivity contribution in [1.29, 1.82) is 0 Å². The molecule has 2 heteroatoms. The largest absolute Gasteiger partial charge is 0.481 e. The van der Waals surface area contributed by atoms with Gasteiger partial charge in [-0.05, 0) is 68.7 Å². The first-order chi connectivity index (χ1) is 14.0. The van der Waals surface area contributed by atoms with E-state index in [9.17, 15) is 9.90 Å². The molecule has 29 heavy (non-hydrogen) atoms. The van der Waals surface area contributed by atoms with Crippen LogP contribution in [0.25, 0.3) is 0 Å². The van der Waals surface area contributed by atoms with E-state index in [1.54, 1.807) is 0 Å². The summed E-state index contributed by atoms with van der Waals surface area (Å²) in [5, 5.41) is 10.2. The Bertz CT molecular complexity index is 988. The maximum Gasteiger partial charge on any atom is 0.309 e. The van der Waals surface area contributed by atoms with Crippen LogP contribution in [0.3, 0.4) is 0 Å². The maximum absolute atomic E-state index is 12.4. The maximum atomic E-state index is 12.4. The topological polar surface area (TPSA) is 37.3 Å². The molecule has 0 aromatic heterocycles. The zero-order chi connectivity index (χ0) is 20.0. The van der Waals surface area contributed by atoms with Crippen LogP contribution in [0.5, 0.6) is 0 Å². The van der Waals surface area contributed by atoms with Crippen LogP contribution in [0.4, 0.5) is 0 Å². The molecule has 2 nitrogen and oxygen atoms in total. The summed E-state index contributed by atoms with van der Waals surface area (Å²) in [7, 11) is 0. The number of rotatable bonds is 1. The summed E-state index contributed by atoms with van der Waals surface area (Å²) in [6, 6.07) is 20.0. The fraction of sp³-hybridized carbons (Fsp3) is 0.370. The normalized spacial score (nSPS) is 33.9. The average Bonchev–Trinajstić information content (AvgIpc) is 2.72. The smallest absolute Gasteiger partial charge is 0.309 e. The van der Waals surface area contributed by atoms with E-state index in [2.05, 4.69) is 23.7 Å². The fourth-order valence-electron chi connectivity index (χ4n) is 6.41. The van der Waals surface area contributed by atoms with E-state index >= 15 is 0 Å². The van der Waals surface area contributed by atoms with Gasteiger partial charge in [-0.1, -0.05) is 60.1 Å². The van der Waals surface area contributed by atoms with Crippen LogP contribution in [0.2, 0.25) is 0 Å². The minimum atomic E-state index is -0.670. The lowest BCUT2D eigenvalue weighted by molar-refractivity contribution is -0.175. The van der Waals surface area contributed by atoms with Crippen molar-refractivity contribution in [3.05, 3.63) is 71.8 Å². The molecule has 6 rings (SSSR count). The minimum Gasteiger partial charge on any atom is -0.481 e. The molecule has 0 amide bonds. The molecular weight excluding hydrogens is 356 g/mol. The second-order valence-electron chi connectivity index (χ2n) is 9.39. The van der Waals surface area contributed by atoms with Crippen molar-refractivity contribution >= 4 is 5.97 Å². The number of hydrogen-bond acceptors (Lipinski definition) is 1. The van der Waals surface area contributed by atoms with Crippen LogP contribution in [0.1, 0.15) is 49.7 Å². The van der Waals surface area contributed by atoms with E-state index in [0.29, 0.717) is 18.8 Å². The van der Waals surface area contributed by atoms with Crippen LogP contribution in [-0.2, 0) is 4.79 Å². The molecule has 0 radical (unpaired) electrons. The van der Waals surface area contributed by atoms with E-state index in [4.69, 9.17) is 0 Å². The van der Waals surface area contributed by atoms with Crippen molar-refractivity contribution in [2.45, 2.75) is 38.5 Å². The highest BCUT2D eigenvalue weighted by Gasteiger charge is 2.65. The van der Waals surface area contributed by atoms with Crippen molar-refractivity contribution in [2.75, 3.05) is 0 Å². The molecule has 4 bridgehead atoms. The van der Waals surface area contributed by atoms with Crippen molar-refractivity contribution in [3.8, 4) is 23.7 Å². The summed E-state index contributed by atoms with van der Waals surface area (Å²) in [4.78, 5) is 12.4. The quantitative estimate of drug-likeness (QED) is 0.696. The third-order valence-corrected chi connectivity index (χ3v) is 7.01. The summed E-state index contributed by atoms with van der Waals surface area (Å²) in [5.41, 5.74) is 0.850. The predicted octanol–water partition coefficient (Wildman–Crippen LogP) is 5.13. The highest BCUT2D eigenvalue weighted by atomic mass is 16.4. The number of hydrogen-bond donors (Lipinski definition) is 1. The standard InChI is InChI=1S/C27H24O2/c28-24(29)27-17-23-15-25(19-27,13-11-21-7-3-1-4-8-21)18-26(16-23,20-27)14-12-22-9-5-2-6-10-22/h1-10,23H,15-20H2,(H,28,29). The molecule has 2 aromatic rings. The van der Waals surface area contributed by atoms with Crippen LogP contribution in [-0.4, -0.2) is 11.1 Å². The number of carboxylic acid groups (broad SMARTS) is 1. The van der Waals surface area contributed by atoms with Gasteiger partial charge in [-0.3, -0.25) is 4.79 Å². The predicted molar refractivity (Wildman–Crippen MR) is 113 cm³/mol. The first kappa shape index (κ1) is 18.1. The third-order valence-electron chi connectivity index (χ3n) is 7.01. The summed E-state index contributed by atoms with van der Waals surface area (Å²) >= 11 is 0. The van der Waals surface area contributed by atoms with Crippen LogP contribution >= 0.6 is 0 Å². The number of carbonyl (C=O) groups is 1. The second-order valence-corrected chi connectivity index (χ2v) is 9.39. The van der Waals surface area contributed by atoms with Gasteiger partial charge >= 0.3 is 5.97 Å². The van der Waals surface area contributed by atoms with E-state index in [0.717, 1.165) is 36.8 Å². The monoisotopic (exact) mass is 380 g/mol. The molecule has 0 aliphatic heterocycles. The zero-order valence-corrected chi connectivity index (χ0v) is 16.4. The molecule has 0 heterocycles. The molecule has 2 atom stereocenters. The molecule has 4 aliphatic rings. The van der Waals surface area contributed by atoms with E-state index in [1.165, 1.54) is 0 Å². The highest BCUT2D eigenvalue weighted by Crippen LogP contribution is 2.69. The summed E-state index contributed by atoms with van der Waals surface area (Å²) < 4.78 is 0. The molecule has 144 valence electrons. The Balaban J connectivity index is 1.56. The Hall–Kier alpha value is -2.97. The molecule has 0 saturated heterocycles. The molecular formula is C27H24O2. The molecule has 2 unspecified atom stereocenters. The molecule has 0 spiro atoms. The molecule has 4 aliphatic carbocycles. The lowest BCUT2D eigenvalue weighted by atomic mass is 9.40. The van der Waals surface area contributed by atoms with Crippen molar-refractivity contribution < 1.29 is 9.90 Å². The Kier molecular flexibility index (Phi) is 4.07. The average molecular weight is 380 g/mol. The SMILES string of the molecule is O=C(O)C12CC3CC(C#Cc4ccccc4)(CC(C#Cc4ccccc4)(C3)C1)C2. The van der Waals surface area contributed by atoms with Gasteiger partial charge in [-0.15, -0.1) is 0 Å². The second kappa shape index (κ2) is 6.53. The number of benzene rings is 2. The van der Waals surface area contributed by atoms with Crippen molar-refractivity contribution in [3.63, 3.8) is 0 Å². The molecule has 2 aromatic carbocycles. The van der Waals surface area contributed by atoms with Gasteiger partial charge < -0.3 is 5.11 Å². The fourth-order valence-corrected chi connectivity index (χ4v) is 6.41. The lowest BCUT2D eigenvalue weighted by Crippen LogP contribution is -2.58. The van der Waals surface area contributed by atoms with Gasteiger partial charge in [-0.2, -0.15) is 0 Å². The summed E-state index contributed by atoms with van der Waals surface area (Å²) in [6.45, 7) is 0. The first-order valence-corrected chi connectivity index (χ1v) is 10.4. The van der Waals surface area contributed by atoms with E-state index in [-0.39, 0.29) is 10.8 Å². The first-order valence-electron chi connectivity index (χ1n) is 10.4. The van der Waals surface area contributed by atoms with Crippen molar-refractivity contribution in [2.24, 2.45) is 22.2 Å².